The smallest absolute Gasteiger partial charge is 0.251 e. The summed E-state index contributed by atoms with van der Waals surface area (Å²) in [5.41, 5.74) is 4.70. The van der Waals surface area contributed by atoms with Gasteiger partial charge >= 0.3 is 0 Å². The van der Waals surface area contributed by atoms with Gasteiger partial charge in [0.25, 0.3) is 5.91 Å². The second kappa shape index (κ2) is 15.5. The largest absolute Gasteiger partial charge is 0.394 e. The number of aliphatic hydroxyl groups excluding tert-OH is 2. The third kappa shape index (κ3) is 8.12. The number of hydroxylamine groups is 2. The molecule has 3 saturated carbocycles. The number of hydrogen-bond acceptors (Lipinski definition) is 8. The SMILES string of the molecule is C[C@@H]1[C@@H](NC(=O)[C@@H]2[C@H]([C@H](C)O)[C@H](CO)ON2Cc2cc(-c3cccc(C(=O)NCCN4CCN(C)CC4)c3)cc(C(C)(C)C)c2)C[C@H]2C[C@@H]1C2(C)C. The Labute approximate surface area is 311 Å². The fourth-order valence-corrected chi connectivity index (χ4v) is 9.39. The van der Waals surface area contributed by atoms with Crippen LogP contribution in [-0.4, -0.2) is 114 Å². The molecule has 0 spiro atoms. The van der Waals surface area contributed by atoms with Gasteiger partial charge < -0.3 is 25.7 Å². The molecule has 7 rings (SSSR count). The van der Waals surface area contributed by atoms with E-state index in [1.165, 1.54) is 6.42 Å². The van der Waals surface area contributed by atoms with E-state index in [1.807, 2.05) is 24.3 Å². The first-order valence-electron chi connectivity index (χ1n) is 19.5. The molecule has 2 bridgehead atoms. The number of fused-ring (bicyclic) bond motifs is 2. The number of amides is 2. The predicted octanol–water partition coefficient (Wildman–Crippen LogP) is 4.29. The Morgan fingerprint density at radius 1 is 1.04 bits per heavy atom. The van der Waals surface area contributed by atoms with Crippen molar-refractivity contribution in [1.29, 1.82) is 0 Å². The quantitative estimate of drug-likeness (QED) is 0.272. The number of rotatable bonds is 11. The number of piperazine rings is 1. The van der Waals surface area contributed by atoms with Crippen LogP contribution in [0.5, 0.6) is 0 Å². The summed E-state index contributed by atoms with van der Waals surface area (Å²) in [7, 11) is 2.14. The van der Waals surface area contributed by atoms with Crippen molar-refractivity contribution in [2.75, 3.05) is 52.9 Å². The molecule has 0 radical (unpaired) electrons. The molecule has 8 atom stereocenters. The zero-order valence-electron chi connectivity index (χ0n) is 32.7. The average molecular weight is 718 g/mol. The highest BCUT2D eigenvalue weighted by Gasteiger charge is 2.57. The van der Waals surface area contributed by atoms with Gasteiger partial charge in [0.1, 0.15) is 12.1 Å². The Kier molecular flexibility index (Phi) is 11.6. The number of aliphatic hydroxyl groups is 2. The number of likely N-dealkylation sites (N-methyl/N-ethyl adjacent to an activating group) is 1. The lowest BCUT2D eigenvalue weighted by Gasteiger charge is -2.62. The molecule has 5 aliphatic rings. The Bertz CT molecular complexity index is 1580. The number of nitrogens with one attached hydrogen (secondary N) is 2. The molecule has 2 aromatic rings. The van der Waals surface area contributed by atoms with Gasteiger partial charge in [0.2, 0.25) is 5.91 Å². The highest BCUT2D eigenvalue weighted by molar-refractivity contribution is 5.95. The summed E-state index contributed by atoms with van der Waals surface area (Å²) in [6.45, 7) is 20.7. The summed E-state index contributed by atoms with van der Waals surface area (Å²) in [6.07, 6.45) is 0.611. The molecule has 52 heavy (non-hydrogen) atoms. The first-order valence-corrected chi connectivity index (χ1v) is 19.5. The number of nitrogens with zero attached hydrogens (tertiary/aromatic N) is 3. The van der Waals surface area contributed by atoms with Crippen molar-refractivity contribution in [3.63, 3.8) is 0 Å². The van der Waals surface area contributed by atoms with Crippen molar-refractivity contribution in [2.24, 2.45) is 29.1 Å². The molecular weight excluding hydrogens is 654 g/mol. The topological polar surface area (TPSA) is 118 Å². The first-order chi connectivity index (χ1) is 24.6. The number of carbonyl (C=O) groups is 2. The van der Waals surface area contributed by atoms with Crippen molar-refractivity contribution in [2.45, 2.75) is 97.6 Å². The number of carbonyl (C=O) groups excluding carboxylic acids is 2. The lowest BCUT2D eigenvalue weighted by Crippen LogP contribution is -2.62. The van der Waals surface area contributed by atoms with Gasteiger partial charge in [-0.2, -0.15) is 5.06 Å². The summed E-state index contributed by atoms with van der Waals surface area (Å²) in [6, 6.07) is 13.5. The summed E-state index contributed by atoms with van der Waals surface area (Å²) < 4.78 is 0. The molecule has 2 heterocycles. The van der Waals surface area contributed by atoms with Crippen LogP contribution >= 0.6 is 0 Å². The molecule has 10 heteroatoms. The van der Waals surface area contributed by atoms with Crippen LogP contribution in [0, 0.1) is 29.1 Å². The molecule has 10 nitrogen and oxygen atoms in total. The van der Waals surface area contributed by atoms with Crippen molar-refractivity contribution >= 4 is 11.8 Å². The van der Waals surface area contributed by atoms with E-state index in [2.05, 4.69) is 87.2 Å². The van der Waals surface area contributed by atoms with Crippen molar-refractivity contribution in [3.8, 4) is 11.1 Å². The monoisotopic (exact) mass is 717 g/mol. The lowest BCUT2D eigenvalue weighted by molar-refractivity contribution is -0.183. The second-order valence-corrected chi connectivity index (χ2v) is 17.9. The molecule has 0 aromatic heterocycles. The van der Waals surface area contributed by atoms with Gasteiger partial charge in [-0.25, -0.2) is 0 Å². The minimum absolute atomic E-state index is 0.0704. The molecule has 286 valence electrons. The second-order valence-electron chi connectivity index (χ2n) is 17.9. The van der Waals surface area contributed by atoms with Crippen LogP contribution in [0.4, 0.5) is 0 Å². The average Bonchev–Trinajstić information content (AvgIpc) is 3.47. The summed E-state index contributed by atoms with van der Waals surface area (Å²) in [5, 5.41) is 29.5. The van der Waals surface area contributed by atoms with E-state index in [9.17, 15) is 19.8 Å². The normalized spacial score (nSPS) is 30.1. The molecular formula is C42H63N5O5. The van der Waals surface area contributed by atoms with E-state index in [4.69, 9.17) is 4.84 Å². The zero-order chi connectivity index (χ0) is 37.5. The minimum atomic E-state index is -0.860. The summed E-state index contributed by atoms with van der Waals surface area (Å²) in [5.74, 6) is 0.699. The van der Waals surface area contributed by atoms with Crippen LogP contribution in [0.3, 0.4) is 0 Å². The van der Waals surface area contributed by atoms with Crippen LogP contribution in [0.1, 0.15) is 82.8 Å². The van der Waals surface area contributed by atoms with E-state index in [0.717, 1.165) is 61.4 Å². The highest BCUT2D eigenvalue weighted by atomic mass is 16.7. The highest BCUT2D eigenvalue weighted by Crippen LogP contribution is 2.61. The fraction of sp³-hybridized carbons (Fsp3) is 0.667. The van der Waals surface area contributed by atoms with E-state index in [-0.39, 0.29) is 29.9 Å². The Hall–Kier alpha value is -2.86. The zero-order valence-corrected chi connectivity index (χ0v) is 32.7. The molecule has 5 fully saturated rings. The first kappa shape index (κ1) is 38.9. The molecule has 2 aromatic carbocycles. The maximum absolute atomic E-state index is 14.2. The Morgan fingerprint density at radius 2 is 1.77 bits per heavy atom. The van der Waals surface area contributed by atoms with Gasteiger partial charge in [-0.3, -0.25) is 19.3 Å². The maximum Gasteiger partial charge on any atom is 0.251 e. The van der Waals surface area contributed by atoms with Crippen LogP contribution < -0.4 is 10.6 Å². The van der Waals surface area contributed by atoms with Crippen molar-refractivity contribution < 1.29 is 24.6 Å². The Morgan fingerprint density at radius 3 is 2.40 bits per heavy atom. The predicted molar refractivity (Wildman–Crippen MR) is 204 cm³/mol. The fourth-order valence-electron chi connectivity index (χ4n) is 9.39. The third-order valence-corrected chi connectivity index (χ3v) is 13.0. The number of benzene rings is 2. The van der Waals surface area contributed by atoms with E-state index >= 15 is 0 Å². The third-order valence-electron chi connectivity index (χ3n) is 13.0. The van der Waals surface area contributed by atoms with Gasteiger partial charge in [0.15, 0.2) is 0 Å². The lowest BCUT2D eigenvalue weighted by atomic mass is 9.45. The van der Waals surface area contributed by atoms with Gasteiger partial charge in [0.05, 0.1) is 19.3 Å². The minimum Gasteiger partial charge on any atom is -0.394 e. The van der Waals surface area contributed by atoms with Crippen LogP contribution in [0.25, 0.3) is 11.1 Å². The molecule has 2 amide bonds. The number of hydrogen-bond donors (Lipinski definition) is 4. The van der Waals surface area contributed by atoms with Crippen LogP contribution in [-0.2, 0) is 21.6 Å². The van der Waals surface area contributed by atoms with Crippen molar-refractivity contribution in [1.82, 2.24) is 25.5 Å². The van der Waals surface area contributed by atoms with Crippen LogP contribution in [0.2, 0.25) is 0 Å². The van der Waals surface area contributed by atoms with Gasteiger partial charge in [-0.1, -0.05) is 65.8 Å². The van der Waals surface area contributed by atoms with Crippen LogP contribution in [0.15, 0.2) is 42.5 Å². The van der Waals surface area contributed by atoms with Gasteiger partial charge in [-0.05, 0) is 95.8 Å². The van der Waals surface area contributed by atoms with E-state index in [0.29, 0.717) is 41.8 Å². The standard InChI is InChI=1S/C42H63N5O5/c1-26-34-22-33(42(34,6)7)23-35(26)44-40(51)38-37(27(2)49)36(25-48)52-47(38)24-28-18-31(21-32(19-28)41(3,4)5)29-10-9-11-30(20-29)39(50)43-12-13-46-16-14-45(8)15-17-46/h9-11,18-21,26-27,33-38,48-49H,12-17,22-25H2,1-8H3,(H,43,50)(H,44,51)/t26-,27-,33+,34-,35-,36-,37+,38-/m0/s1. The molecule has 2 saturated heterocycles. The summed E-state index contributed by atoms with van der Waals surface area (Å²) >= 11 is 0. The van der Waals surface area contributed by atoms with Gasteiger partial charge in [0, 0.05) is 56.8 Å². The molecule has 0 unspecified atom stereocenters. The molecule has 4 N–H and O–H groups in total. The molecule has 2 aliphatic heterocycles. The van der Waals surface area contributed by atoms with Gasteiger partial charge in [-0.15, -0.1) is 0 Å². The van der Waals surface area contributed by atoms with Crippen molar-refractivity contribution in [3.05, 3.63) is 59.2 Å². The van der Waals surface area contributed by atoms with E-state index < -0.39 is 24.2 Å². The van der Waals surface area contributed by atoms with E-state index in [1.54, 1.807) is 12.0 Å². The maximum atomic E-state index is 14.2. The molecule has 3 aliphatic carbocycles. The summed E-state index contributed by atoms with van der Waals surface area (Å²) in [4.78, 5) is 38.5. The Balaban J connectivity index is 1.21.